The van der Waals surface area contributed by atoms with Crippen LogP contribution in [0.4, 0.5) is 11.4 Å². The fourth-order valence-electron chi connectivity index (χ4n) is 3.22. The molecule has 0 spiro atoms. The average molecular weight is 454 g/mol. The van der Waals surface area contributed by atoms with Gasteiger partial charge in [-0.25, -0.2) is 0 Å². The SMILES string of the molecule is Cc1cccc(C)c1[N]1C=C[N](c2c(C)cccc2C)[Sn]1([Cl])[Cl]. The fourth-order valence-corrected chi connectivity index (χ4v) is 12.6. The first kappa shape index (κ1) is 17.0. The zero-order valence-corrected chi connectivity index (χ0v) is 18.1. The number of benzene rings is 2. The van der Waals surface area contributed by atoms with Crippen molar-refractivity contribution in [3.05, 3.63) is 71.1 Å². The van der Waals surface area contributed by atoms with Gasteiger partial charge < -0.3 is 0 Å². The molecule has 0 saturated carbocycles. The van der Waals surface area contributed by atoms with Crippen LogP contribution in [-0.4, -0.2) is 16.7 Å². The molecule has 2 aromatic carbocycles. The minimum absolute atomic E-state index is 1.14. The Balaban J connectivity index is 2.09. The molecular weight excluding hydrogens is 434 g/mol. The molecule has 0 saturated heterocycles. The van der Waals surface area contributed by atoms with Crippen molar-refractivity contribution in [1.82, 2.24) is 0 Å². The van der Waals surface area contributed by atoms with Gasteiger partial charge in [-0.3, -0.25) is 0 Å². The van der Waals surface area contributed by atoms with E-state index in [1.54, 1.807) is 0 Å². The number of halogens is 2. The van der Waals surface area contributed by atoms with E-state index in [2.05, 4.69) is 70.3 Å². The molecule has 0 unspecified atom stereocenters. The van der Waals surface area contributed by atoms with Gasteiger partial charge in [-0.05, 0) is 0 Å². The van der Waals surface area contributed by atoms with E-state index in [0.717, 1.165) is 11.4 Å². The number of hydrogen-bond donors (Lipinski definition) is 0. The molecule has 3 rings (SSSR count). The summed E-state index contributed by atoms with van der Waals surface area (Å²) in [4.78, 5) is 0. The Morgan fingerprint density at radius 1 is 0.652 bits per heavy atom. The number of hydrogen-bond acceptors (Lipinski definition) is 2. The molecule has 1 aliphatic heterocycles. The standard InChI is InChI=1S/C18H20N2.2ClH.Sn/c1-13-7-5-8-14(2)17(13)19-11-12-20-18-15(3)9-6-10-16(18)4;;;/h5-12H,1-4H3;2*1H;/q-2;;;+4/p-2. The Hall–Kier alpha value is -0.841. The van der Waals surface area contributed by atoms with Gasteiger partial charge in [0, 0.05) is 0 Å². The van der Waals surface area contributed by atoms with Gasteiger partial charge in [-0.2, -0.15) is 0 Å². The van der Waals surface area contributed by atoms with Crippen LogP contribution in [0.1, 0.15) is 22.3 Å². The molecule has 5 heteroatoms. The molecule has 2 aromatic rings. The molecule has 0 bridgehead atoms. The van der Waals surface area contributed by atoms with E-state index in [-0.39, 0.29) is 0 Å². The van der Waals surface area contributed by atoms with E-state index in [0.29, 0.717) is 0 Å². The molecule has 0 aliphatic carbocycles. The van der Waals surface area contributed by atoms with Gasteiger partial charge in [0.2, 0.25) is 0 Å². The maximum absolute atomic E-state index is 7.02. The van der Waals surface area contributed by atoms with Crippen LogP contribution < -0.4 is 6.24 Å². The van der Waals surface area contributed by atoms with Crippen LogP contribution in [0.2, 0.25) is 0 Å². The zero-order valence-electron chi connectivity index (χ0n) is 13.8. The van der Waals surface area contributed by atoms with E-state index in [1.807, 2.05) is 12.4 Å². The van der Waals surface area contributed by atoms with E-state index in [9.17, 15) is 0 Å². The number of rotatable bonds is 2. The minimum atomic E-state index is -3.78. The van der Waals surface area contributed by atoms with E-state index >= 15 is 0 Å². The molecule has 0 amide bonds. The first-order chi connectivity index (χ1) is 10.8. The third-order valence-corrected chi connectivity index (χ3v) is 14.6. The normalized spacial score (nSPS) is 16.3. The van der Waals surface area contributed by atoms with Crippen molar-refractivity contribution in [1.29, 1.82) is 0 Å². The molecule has 1 aliphatic rings. The fraction of sp³-hybridized carbons (Fsp3) is 0.222. The summed E-state index contributed by atoms with van der Waals surface area (Å²) in [7, 11) is 14.0. The van der Waals surface area contributed by atoms with Crippen LogP contribution in [0, 0.1) is 27.7 Å². The molecule has 2 nitrogen and oxygen atoms in total. The van der Waals surface area contributed by atoms with Gasteiger partial charge >= 0.3 is 151 Å². The van der Waals surface area contributed by atoms with Crippen LogP contribution in [0.3, 0.4) is 0 Å². The van der Waals surface area contributed by atoms with Crippen molar-refractivity contribution >= 4 is 45.9 Å². The summed E-state index contributed by atoms with van der Waals surface area (Å²) >= 11 is -3.78. The molecule has 0 fully saturated rings. The van der Waals surface area contributed by atoms with Crippen molar-refractivity contribution in [3.63, 3.8) is 0 Å². The van der Waals surface area contributed by atoms with Crippen molar-refractivity contribution in [2.75, 3.05) is 6.24 Å². The van der Waals surface area contributed by atoms with Gasteiger partial charge in [0.25, 0.3) is 0 Å². The van der Waals surface area contributed by atoms with Crippen LogP contribution >= 0.6 is 17.8 Å². The van der Waals surface area contributed by atoms with Gasteiger partial charge in [-0.15, -0.1) is 0 Å². The van der Waals surface area contributed by atoms with Crippen LogP contribution in [0.5, 0.6) is 0 Å². The van der Waals surface area contributed by atoms with Gasteiger partial charge in [0.1, 0.15) is 0 Å². The van der Waals surface area contributed by atoms with E-state index < -0.39 is 16.7 Å². The average Bonchev–Trinajstić information content (AvgIpc) is 2.75. The van der Waals surface area contributed by atoms with Gasteiger partial charge in [-0.1, -0.05) is 0 Å². The number of para-hydroxylation sites is 2. The van der Waals surface area contributed by atoms with Gasteiger partial charge in [0.15, 0.2) is 0 Å². The Bertz CT molecular complexity index is 683. The number of nitrogens with zero attached hydrogens (tertiary/aromatic N) is 2. The molecule has 23 heavy (non-hydrogen) atoms. The van der Waals surface area contributed by atoms with Crippen molar-refractivity contribution in [2.24, 2.45) is 0 Å². The predicted octanol–water partition coefficient (Wildman–Crippen LogP) is 5.63. The predicted molar refractivity (Wildman–Crippen MR) is 103 cm³/mol. The molecule has 0 N–H and O–H groups in total. The summed E-state index contributed by atoms with van der Waals surface area (Å²) in [5.74, 6) is 0. The second-order valence-electron chi connectivity index (χ2n) is 6.03. The summed E-state index contributed by atoms with van der Waals surface area (Å²) in [6.45, 7) is 8.42. The summed E-state index contributed by atoms with van der Waals surface area (Å²) in [6.07, 6.45) is 4.08. The van der Waals surface area contributed by atoms with E-state index in [1.165, 1.54) is 22.3 Å². The van der Waals surface area contributed by atoms with Crippen LogP contribution in [0.25, 0.3) is 0 Å². The van der Waals surface area contributed by atoms with Crippen molar-refractivity contribution in [2.45, 2.75) is 27.7 Å². The van der Waals surface area contributed by atoms with Crippen molar-refractivity contribution < 1.29 is 0 Å². The molecular formula is C18H20Cl2N2Sn. The number of aryl methyl sites for hydroxylation is 4. The Morgan fingerprint density at radius 2 is 0.957 bits per heavy atom. The molecule has 1 heterocycles. The second-order valence-corrected chi connectivity index (χ2v) is 20.1. The zero-order chi connectivity index (χ0) is 16.8. The topological polar surface area (TPSA) is 6.48 Å². The Morgan fingerprint density at radius 3 is 1.26 bits per heavy atom. The van der Waals surface area contributed by atoms with Gasteiger partial charge in [0.05, 0.1) is 0 Å². The quantitative estimate of drug-likeness (QED) is 0.543. The molecule has 0 radical (unpaired) electrons. The summed E-state index contributed by atoms with van der Waals surface area (Å²) in [5.41, 5.74) is 7.05. The van der Waals surface area contributed by atoms with Crippen LogP contribution in [-0.2, 0) is 0 Å². The summed E-state index contributed by atoms with van der Waals surface area (Å²) in [5, 5.41) is 0. The molecule has 0 aromatic heterocycles. The number of anilines is 2. The monoisotopic (exact) mass is 454 g/mol. The maximum atomic E-state index is 7.02. The summed E-state index contributed by atoms with van der Waals surface area (Å²) in [6, 6.07) is 12.6. The first-order valence-corrected chi connectivity index (χ1v) is 17.4. The van der Waals surface area contributed by atoms with Crippen LogP contribution in [0.15, 0.2) is 48.8 Å². The second kappa shape index (κ2) is 6.23. The molecule has 120 valence electrons. The first-order valence-electron chi connectivity index (χ1n) is 7.61. The van der Waals surface area contributed by atoms with Crippen molar-refractivity contribution in [3.8, 4) is 0 Å². The third-order valence-electron chi connectivity index (χ3n) is 4.31. The Labute approximate surface area is 150 Å². The van der Waals surface area contributed by atoms with E-state index in [4.69, 9.17) is 17.8 Å². The summed E-state index contributed by atoms with van der Waals surface area (Å²) < 4.78 is 4.27. The Kier molecular flexibility index (Phi) is 4.60. The molecule has 0 atom stereocenters. The third kappa shape index (κ3) is 2.85.